The van der Waals surface area contributed by atoms with Crippen molar-refractivity contribution in [2.75, 3.05) is 13.6 Å². The van der Waals surface area contributed by atoms with Gasteiger partial charge in [0.05, 0.1) is 11.4 Å². The largest absolute Gasteiger partial charge is 0.330 e. The summed E-state index contributed by atoms with van der Waals surface area (Å²) in [5.74, 6) is 0. The lowest BCUT2D eigenvalue weighted by Gasteiger charge is -2.24. The molecule has 0 amide bonds. The Morgan fingerprint density at radius 3 is 2.52 bits per heavy atom. The van der Waals surface area contributed by atoms with Crippen molar-refractivity contribution in [2.45, 2.75) is 64.4 Å². The third-order valence-corrected chi connectivity index (χ3v) is 6.08. The maximum Gasteiger partial charge on any atom is 0.246 e. The maximum atomic E-state index is 12.8. The van der Waals surface area contributed by atoms with Crippen molar-refractivity contribution in [3.8, 4) is 0 Å². The summed E-state index contributed by atoms with van der Waals surface area (Å²) in [6.45, 7) is 8.75. The molecule has 0 saturated carbocycles. The van der Waals surface area contributed by atoms with E-state index < -0.39 is 10.0 Å². The van der Waals surface area contributed by atoms with Crippen LogP contribution in [-0.2, 0) is 16.6 Å². The minimum atomic E-state index is -3.51. The average Bonchev–Trinajstić information content (AvgIpc) is 2.70. The van der Waals surface area contributed by atoms with Crippen molar-refractivity contribution in [3.05, 3.63) is 11.4 Å². The number of aryl methyl sites for hydroxylation is 2. The topological polar surface area (TPSA) is 81.2 Å². The van der Waals surface area contributed by atoms with Crippen LogP contribution in [0.5, 0.6) is 0 Å². The van der Waals surface area contributed by atoms with Gasteiger partial charge in [0.2, 0.25) is 10.0 Å². The molecule has 1 aromatic rings. The smallest absolute Gasteiger partial charge is 0.246 e. The first-order chi connectivity index (χ1) is 9.77. The highest BCUT2D eigenvalue weighted by Gasteiger charge is 2.30. The Hall–Kier alpha value is -0.920. The van der Waals surface area contributed by atoms with E-state index in [0.717, 1.165) is 19.3 Å². The molecule has 1 atom stereocenters. The predicted molar refractivity (Wildman–Crippen MR) is 84.7 cm³/mol. The summed E-state index contributed by atoms with van der Waals surface area (Å²) in [5.41, 5.74) is 6.76. The molecule has 0 fully saturated rings. The van der Waals surface area contributed by atoms with Crippen molar-refractivity contribution in [2.24, 2.45) is 5.73 Å². The summed E-state index contributed by atoms with van der Waals surface area (Å²) in [6.07, 6.45) is 2.58. The second kappa shape index (κ2) is 7.38. The molecule has 0 saturated heterocycles. The molecule has 0 aliphatic heterocycles. The molecule has 0 aliphatic rings. The van der Waals surface area contributed by atoms with E-state index >= 15 is 0 Å². The Labute approximate surface area is 128 Å². The molecule has 1 aromatic heterocycles. The van der Waals surface area contributed by atoms with E-state index in [9.17, 15) is 8.42 Å². The van der Waals surface area contributed by atoms with Gasteiger partial charge in [-0.1, -0.05) is 13.3 Å². The zero-order valence-electron chi connectivity index (χ0n) is 13.8. The molecule has 0 aliphatic carbocycles. The number of sulfonamides is 1. The van der Waals surface area contributed by atoms with E-state index in [1.165, 1.54) is 4.31 Å². The first-order valence-corrected chi connectivity index (χ1v) is 8.93. The molecule has 0 spiro atoms. The lowest BCUT2D eigenvalue weighted by Crippen LogP contribution is -2.35. The molecule has 122 valence electrons. The Morgan fingerprint density at radius 1 is 1.38 bits per heavy atom. The Balaban J connectivity index is 3.17. The third-order valence-electron chi connectivity index (χ3n) is 3.85. The molecule has 6 nitrogen and oxygen atoms in total. The van der Waals surface area contributed by atoms with Gasteiger partial charge < -0.3 is 5.73 Å². The number of aromatic nitrogens is 2. The van der Waals surface area contributed by atoms with Gasteiger partial charge in [0.15, 0.2) is 0 Å². The van der Waals surface area contributed by atoms with Crippen LogP contribution in [0.1, 0.15) is 44.5 Å². The molecular formula is C14H28N4O2S. The van der Waals surface area contributed by atoms with Gasteiger partial charge in [-0.3, -0.25) is 4.68 Å². The fourth-order valence-electron chi connectivity index (χ4n) is 2.49. The van der Waals surface area contributed by atoms with E-state index in [-0.39, 0.29) is 6.04 Å². The van der Waals surface area contributed by atoms with Crippen LogP contribution in [0.25, 0.3) is 0 Å². The summed E-state index contributed by atoms with van der Waals surface area (Å²) < 4.78 is 28.9. The highest BCUT2D eigenvalue weighted by atomic mass is 32.2. The fraction of sp³-hybridized carbons (Fsp3) is 0.786. The number of hydrogen-bond donors (Lipinski definition) is 1. The van der Waals surface area contributed by atoms with E-state index in [0.29, 0.717) is 29.4 Å². The van der Waals surface area contributed by atoms with Gasteiger partial charge in [-0.25, -0.2) is 8.42 Å². The lowest BCUT2D eigenvalue weighted by molar-refractivity contribution is 0.368. The maximum absolute atomic E-state index is 12.8. The van der Waals surface area contributed by atoms with Crippen molar-refractivity contribution < 1.29 is 8.42 Å². The van der Waals surface area contributed by atoms with E-state index in [1.807, 2.05) is 13.8 Å². The monoisotopic (exact) mass is 316 g/mol. The van der Waals surface area contributed by atoms with Crippen LogP contribution in [0.15, 0.2) is 4.90 Å². The summed E-state index contributed by atoms with van der Waals surface area (Å²) in [6, 6.07) is -0.0220. The van der Waals surface area contributed by atoms with Gasteiger partial charge in [-0.2, -0.15) is 9.40 Å². The molecule has 21 heavy (non-hydrogen) atoms. The van der Waals surface area contributed by atoms with Crippen LogP contribution >= 0.6 is 0 Å². The van der Waals surface area contributed by atoms with Crippen LogP contribution in [0.3, 0.4) is 0 Å². The van der Waals surface area contributed by atoms with Gasteiger partial charge in [-0.05, 0) is 40.2 Å². The summed E-state index contributed by atoms with van der Waals surface area (Å²) in [5, 5.41) is 4.36. The van der Waals surface area contributed by atoms with Gasteiger partial charge in [0.1, 0.15) is 4.90 Å². The Morgan fingerprint density at radius 2 is 2.00 bits per heavy atom. The van der Waals surface area contributed by atoms with Crippen LogP contribution in [0.2, 0.25) is 0 Å². The van der Waals surface area contributed by atoms with E-state index in [2.05, 4.69) is 12.0 Å². The van der Waals surface area contributed by atoms with Gasteiger partial charge >= 0.3 is 0 Å². The SMILES string of the molecule is CCCC(C)N(C)S(=O)(=O)c1c(C)nn(CCCN)c1C. The van der Waals surface area contributed by atoms with Crippen LogP contribution in [-0.4, -0.2) is 42.1 Å². The van der Waals surface area contributed by atoms with Gasteiger partial charge in [-0.15, -0.1) is 0 Å². The van der Waals surface area contributed by atoms with Crippen molar-refractivity contribution in [1.29, 1.82) is 0 Å². The minimum Gasteiger partial charge on any atom is -0.330 e. The second-order valence-electron chi connectivity index (χ2n) is 5.52. The van der Waals surface area contributed by atoms with Gasteiger partial charge in [0.25, 0.3) is 0 Å². The zero-order valence-corrected chi connectivity index (χ0v) is 14.6. The minimum absolute atomic E-state index is 0.0220. The Bertz CT molecular complexity index is 566. The Kier molecular flexibility index (Phi) is 6.37. The molecule has 0 bridgehead atoms. The normalized spacial score (nSPS) is 13.9. The number of nitrogens with two attached hydrogens (primary N) is 1. The summed E-state index contributed by atoms with van der Waals surface area (Å²) in [7, 11) is -1.86. The average molecular weight is 316 g/mol. The van der Waals surface area contributed by atoms with Crippen LogP contribution in [0, 0.1) is 13.8 Å². The highest BCUT2D eigenvalue weighted by molar-refractivity contribution is 7.89. The molecule has 0 radical (unpaired) electrons. The number of hydrogen-bond acceptors (Lipinski definition) is 4. The standard InChI is InChI=1S/C14H28N4O2S/c1-6-8-11(2)17(5)21(19,20)14-12(3)16-18(13(14)4)10-7-9-15/h11H,6-10,15H2,1-5H3. The molecule has 2 N–H and O–H groups in total. The first-order valence-electron chi connectivity index (χ1n) is 7.49. The van der Waals surface area contributed by atoms with Crippen molar-refractivity contribution >= 4 is 10.0 Å². The van der Waals surface area contributed by atoms with Crippen molar-refractivity contribution in [1.82, 2.24) is 14.1 Å². The fourth-order valence-corrected chi connectivity index (χ4v) is 4.25. The second-order valence-corrected chi connectivity index (χ2v) is 7.46. The van der Waals surface area contributed by atoms with Gasteiger partial charge in [0, 0.05) is 19.6 Å². The van der Waals surface area contributed by atoms with Crippen LogP contribution < -0.4 is 5.73 Å². The third kappa shape index (κ3) is 3.84. The van der Waals surface area contributed by atoms with E-state index in [4.69, 9.17) is 5.73 Å². The van der Waals surface area contributed by atoms with Crippen molar-refractivity contribution in [3.63, 3.8) is 0 Å². The molecule has 1 rings (SSSR count). The quantitative estimate of drug-likeness (QED) is 0.791. The zero-order chi connectivity index (χ0) is 16.2. The molecule has 1 heterocycles. The summed E-state index contributed by atoms with van der Waals surface area (Å²) in [4.78, 5) is 0.338. The number of rotatable bonds is 8. The molecule has 7 heteroatoms. The predicted octanol–water partition coefficient (Wildman–Crippen LogP) is 1.66. The number of nitrogens with zero attached hydrogens (tertiary/aromatic N) is 3. The van der Waals surface area contributed by atoms with E-state index in [1.54, 1.807) is 18.7 Å². The highest BCUT2D eigenvalue weighted by Crippen LogP contribution is 2.25. The lowest BCUT2D eigenvalue weighted by atomic mass is 10.2. The molecule has 1 unspecified atom stereocenters. The van der Waals surface area contributed by atoms with Crippen LogP contribution in [0.4, 0.5) is 0 Å². The molecule has 0 aromatic carbocycles. The molecular weight excluding hydrogens is 288 g/mol. The summed E-state index contributed by atoms with van der Waals surface area (Å²) >= 11 is 0. The first kappa shape index (κ1) is 18.1.